The van der Waals surface area contributed by atoms with Crippen molar-refractivity contribution in [3.05, 3.63) is 24.4 Å². The van der Waals surface area contributed by atoms with Gasteiger partial charge < -0.3 is 4.90 Å². The molecule has 0 saturated carbocycles. The average molecular weight is 181 g/mol. The molecule has 0 aromatic rings. The van der Waals surface area contributed by atoms with E-state index in [-0.39, 0.29) is 0 Å². The predicted octanol–water partition coefficient (Wildman–Crippen LogP) is 3.59. The van der Waals surface area contributed by atoms with Crippen LogP contribution in [0.15, 0.2) is 24.4 Å². The summed E-state index contributed by atoms with van der Waals surface area (Å²) in [5, 5.41) is 0. The molecule has 0 spiro atoms. The normalized spacial score (nSPS) is 13.2. The minimum Gasteiger partial charge on any atom is -0.372 e. The van der Waals surface area contributed by atoms with E-state index in [0.717, 1.165) is 5.70 Å². The van der Waals surface area contributed by atoms with Gasteiger partial charge >= 0.3 is 0 Å². The van der Waals surface area contributed by atoms with E-state index in [1.165, 1.54) is 19.3 Å². The molecule has 0 amide bonds. The first-order valence-electron chi connectivity index (χ1n) is 5.17. The maximum atomic E-state index is 4.01. The maximum absolute atomic E-state index is 4.01. The monoisotopic (exact) mass is 181 g/mol. The fourth-order valence-corrected chi connectivity index (χ4v) is 1.29. The molecule has 1 heteroatoms. The van der Waals surface area contributed by atoms with Crippen molar-refractivity contribution in [3.63, 3.8) is 0 Å². The Hall–Kier alpha value is -0.720. The number of nitrogens with zero attached hydrogens (tertiary/aromatic N) is 1. The standard InChI is InChI=1S/C12H23N/c1-6-8-10-12(4)13(5)11(3)9-7-2/h7,9,12H,3,6,8,10H2,1-2,4-5H3/b9-7-. The van der Waals surface area contributed by atoms with Gasteiger partial charge in [-0.15, -0.1) is 0 Å². The number of hydrogen-bond donors (Lipinski definition) is 0. The van der Waals surface area contributed by atoms with Crippen LogP contribution in [-0.2, 0) is 0 Å². The van der Waals surface area contributed by atoms with Crippen LogP contribution in [-0.4, -0.2) is 18.0 Å². The van der Waals surface area contributed by atoms with Crippen molar-refractivity contribution in [2.75, 3.05) is 7.05 Å². The molecule has 0 bridgehead atoms. The second-order valence-electron chi connectivity index (χ2n) is 3.59. The van der Waals surface area contributed by atoms with Crippen molar-refractivity contribution in [1.82, 2.24) is 4.90 Å². The van der Waals surface area contributed by atoms with Crippen LogP contribution in [0.4, 0.5) is 0 Å². The Balaban J connectivity index is 3.93. The van der Waals surface area contributed by atoms with Gasteiger partial charge in [-0.2, -0.15) is 0 Å². The van der Waals surface area contributed by atoms with Gasteiger partial charge in [0.25, 0.3) is 0 Å². The van der Waals surface area contributed by atoms with Gasteiger partial charge in [-0.1, -0.05) is 32.4 Å². The van der Waals surface area contributed by atoms with Gasteiger partial charge in [0, 0.05) is 18.8 Å². The Kier molecular flexibility index (Phi) is 6.38. The van der Waals surface area contributed by atoms with Crippen molar-refractivity contribution in [3.8, 4) is 0 Å². The summed E-state index contributed by atoms with van der Waals surface area (Å²) in [6.07, 6.45) is 7.92. The third-order valence-corrected chi connectivity index (χ3v) is 2.45. The summed E-state index contributed by atoms with van der Waals surface area (Å²) in [6, 6.07) is 0.601. The lowest BCUT2D eigenvalue weighted by atomic mass is 10.1. The van der Waals surface area contributed by atoms with Crippen LogP contribution >= 0.6 is 0 Å². The van der Waals surface area contributed by atoms with E-state index in [1.54, 1.807) is 0 Å². The molecule has 0 N–H and O–H groups in total. The van der Waals surface area contributed by atoms with Crippen LogP contribution in [0.2, 0.25) is 0 Å². The van der Waals surface area contributed by atoms with Gasteiger partial charge in [0.1, 0.15) is 0 Å². The molecule has 0 aromatic carbocycles. The van der Waals surface area contributed by atoms with Gasteiger partial charge in [-0.3, -0.25) is 0 Å². The molecule has 0 heterocycles. The first-order chi connectivity index (χ1) is 6.13. The Morgan fingerprint density at radius 3 is 2.62 bits per heavy atom. The summed E-state index contributed by atoms with van der Waals surface area (Å²) < 4.78 is 0. The van der Waals surface area contributed by atoms with Crippen LogP contribution in [0.5, 0.6) is 0 Å². The van der Waals surface area contributed by atoms with E-state index in [1.807, 2.05) is 13.0 Å². The Morgan fingerprint density at radius 2 is 2.15 bits per heavy atom. The average Bonchev–Trinajstić information content (AvgIpc) is 2.13. The van der Waals surface area contributed by atoms with Gasteiger partial charge in [0.2, 0.25) is 0 Å². The second kappa shape index (κ2) is 6.76. The highest BCUT2D eigenvalue weighted by Gasteiger charge is 2.07. The molecule has 0 aliphatic carbocycles. The van der Waals surface area contributed by atoms with Crippen molar-refractivity contribution < 1.29 is 0 Å². The summed E-state index contributed by atoms with van der Waals surface area (Å²) in [5.41, 5.74) is 1.10. The number of allylic oxidation sites excluding steroid dienone is 2. The molecular weight excluding hydrogens is 158 g/mol. The summed E-state index contributed by atoms with van der Waals surface area (Å²) in [5.74, 6) is 0. The number of rotatable bonds is 6. The first-order valence-corrected chi connectivity index (χ1v) is 5.17. The fraction of sp³-hybridized carbons (Fsp3) is 0.667. The largest absolute Gasteiger partial charge is 0.372 e. The summed E-state index contributed by atoms with van der Waals surface area (Å²) >= 11 is 0. The fourth-order valence-electron chi connectivity index (χ4n) is 1.29. The summed E-state index contributed by atoms with van der Waals surface area (Å²) in [4.78, 5) is 2.25. The zero-order valence-corrected chi connectivity index (χ0v) is 9.51. The van der Waals surface area contributed by atoms with E-state index in [0.29, 0.717) is 6.04 Å². The lowest BCUT2D eigenvalue weighted by molar-refractivity contribution is 0.311. The minimum atomic E-state index is 0.601. The maximum Gasteiger partial charge on any atom is 0.0289 e. The van der Waals surface area contributed by atoms with Crippen molar-refractivity contribution >= 4 is 0 Å². The van der Waals surface area contributed by atoms with Crippen molar-refractivity contribution in [2.45, 2.75) is 46.1 Å². The van der Waals surface area contributed by atoms with Crippen molar-refractivity contribution in [1.29, 1.82) is 0 Å². The predicted molar refractivity (Wildman–Crippen MR) is 60.7 cm³/mol. The molecule has 1 unspecified atom stereocenters. The van der Waals surface area contributed by atoms with Crippen LogP contribution in [0.1, 0.15) is 40.0 Å². The van der Waals surface area contributed by atoms with Crippen LogP contribution < -0.4 is 0 Å². The quantitative estimate of drug-likeness (QED) is 0.566. The van der Waals surface area contributed by atoms with E-state index in [4.69, 9.17) is 0 Å². The van der Waals surface area contributed by atoms with Crippen LogP contribution in [0, 0.1) is 0 Å². The highest BCUT2D eigenvalue weighted by Crippen LogP contribution is 2.11. The number of hydrogen-bond acceptors (Lipinski definition) is 1. The number of likely N-dealkylation sites (N-methyl/N-ethyl adjacent to an activating group) is 1. The third-order valence-electron chi connectivity index (χ3n) is 2.45. The molecule has 0 fully saturated rings. The van der Waals surface area contributed by atoms with E-state index in [9.17, 15) is 0 Å². The molecule has 0 aliphatic heterocycles. The topological polar surface area (TPSA) is 3.24 Å². The third kappa shape index (κ3) is 4.76. The molecule has 13 heavy (non-hydrogen) atoms. The molecule has 0 aromatic heterocycles. The first kappa shape index (κ1) is 12.3. The molecule has 1 nitrogen and oxygen atoms in total. The lowest BCUT2D eigenvalue weighted by Crippen LogP contribution is -2.27. The molecule has 76 valence electrons. The van der Waals surface area contributed by atoms with E-state index in [2.05, 4.69) is 38.5 Å². The SMILES string of the molecule is C=C(/C=C\C)N(C)C(C)CCCC. The Labute approximate surface area is 83.1 Å². The highest BCUT2D eigenvalue weighted by molar-refractivity contribution is 5.12. The number of unbranched alkanes of at least 4 members (excludes halogenated alkanes) is 1. The zero-order valence-electron chi connectivity index (χ0n) is 9.51. The van der Waals surface area contributed by atoms with Crippen LogP contribution in [0.3, 0.4) is 0 Å². The van der Waals surface area contributed by atoms with Crippen LogP contribution in [0.25, 0.3) is 0 Å². The van der Waals surface area contributed by atoms with Gasteiger partial charge in [0.15, 0.2) is 0 Å². The lowest BCUT2D eigenvalue weighted by Gasteiger charge is -2.27. The Morgan fingerprint density at radius 1 is 1.54 bits per heavy atom. The molecule has 0 saturated heterocycles. The molecular formula is C12H23N. The smallest absolute Gasteiger partial charge is 0.0289 e. The highest BCUT2D eigenvalue weighted by atomic mass is 15.1. The zero-order chi connectivity index (χ0) is 10.3. The van der Waals surface area contributed by atoms with Gasteiger partial charge in [0.05, 0.1) is 0 Å². The van der Waals surface area contributed by atoms with Gasteiger partial charge in [-0.25, -0.2) is 0 Å². The molecule has 0 rings (SSSR count). The summed E-state index contributed by atoms with van der Waals surface area (Å²) in [7, 11) is 2.11. The van der Waals surface area contributed by atoms with E-state index < -0.39 is 0 Å². The van der Waals surface area contributed by atoms with Gasteiger partial charge in [-0.05, 0) is 26.3 Å². The second-order valence-corrected chi connectivity index (χ2v) is 3.59. The molecule has 0 radical (unpaired) electrons. The molecule has 0 aliphatic rings. The van der Waals surface area contributed by atoms with E-state index >= 15 is 0 Å². The minimum absolute atomic E-state index is 0.601. The van der Waals surface area contributed by atoms with Crippen molar-refractivity contribution in [2.24, 2.45) is 0 Å². The molecule has 1 atom stereocenters. The summed E-state index contributed by atoms with van der Waals surface area (Å²) in [6.45, 7) is 10.5. The Bertz CT molecular complexity index is 170.